The number of hydrogen-bond donors (Lipinski definition) is 0. The number of methoxy groups -OCH3 is 2. The molecule has 0 aromatic carbocycles. The summed E-state index contributed by atoms with van der Waals surface area (Å²) in [4.78, 5) is 8.24. The number of nitrogens with zero attached hydrogens (tertiary/aromatic N) is 4. The van der Waals surface area contributed by atoms with Crippen molar-refractivity contribution in [1.29, 1.82) is 0 Å². The van der Waals surface area contributed by atoms with Gasteiger partial charge in [0.15, 0.2) is 0 Å². The SMILES string of the molecule is COc1cc(-c2nnc(C3CCCC3)o2)nc(OC)n1. The number of aromatic nitrogens is 4. The first-order valence-corrected chi connectivity index (χ1v) is 6.61. The van der Waals surface area contributed by atoms with Crippen LogP contribution in [-0.2, 0) is 0 Å². The van der Waals surface area contributed by atoms with Crippen LogP contribution in [0.5, 0.6) is 11.9 Å². The molecule has 0 unspecified atom stereocenters. The van der Waals surface area contributed by atoms with Gasteiger partial charge in [-0.05, 0) is 12.8 Å². The van der Waals surface area contributed by atoms with Crippen LogP contribution in [0.15, 0.2) is 10.5 Å². The standard InChI is InChI=1S/C13H16N4O3/c1-18-10-7-9(14-13(15-10)19-2)12-17-16-11(20-12)8-5-3-4-6-8/h7-8H,3-6H2,1-2H3. The number of hydrogen-bond acceptors (Lipinski definition) is 7. The van der Waals surface area contributed by atoms with Crippen molar-refractivity contribution in [3.63, 3.8) is 0 Å². The van der Waals surface area contributed by atoms with Crippen molar-refractivity contribution in [2.45, 2.75) is 31.6 Å². The maximum absolute atomic E-state index is 5.73. The molecule has 2 aromatic rings. The minimum Gasteiger partial charge on any atom is -0.481 e. The Labute approximate surface area is 116 Å². The van der Waals surface area contributed by atoms with E-state index in [0.29, 0.717) is 29.3 Å². The van der Waals surface area contributed by atoms with E-state index in [0.717, 1.165) is 12.8 Å². The molecule has 106 valence electrons. The summed E-state index contributed by atoms with van der Waals surface area (Å²) >= 11 is 0. The topological polar surface area (TPSA) is 83.2 Å². The molecule has 2 heterocycles. The molecule has 0 saturated heterocycles. The van der Waals surface area contributed by atoms with Gasteiger partial charge in [-0.3, -0.25) is 0 Å². The summed E-state index contributed by atoms with van der Waals surface area (Å²) in [6, 6.07) is 1.86. The molecule has 20 heavy (non-hydrogen) atoms. The van der Waals surface area contributed by atoms with E-state index in [1.165, 1.54) is 27.1 Å². The molecule has 0 amide bonds. The van der Waals surface area contributed by atoms with Crippen LogP contribution >= 0.6 is 0 Å². The quantitative estimate of drug-likeness (QED) is 0.846. The fourth-order valence-corrected chi connectivity index (χ4v) is 2.39. The Kier molecular flexibility index (Phi) is 3.49. The molecule has 7 nitrogen and oxygen atoms in total. The van der Waals surface area contributed by atoms with Gasteiger partial charge in [-0.1, -0.05) is 12.8 Å². The fraction of sp³-hybridized carbons (Fsp3) is 0.538. The van der Waals surface area contributed by atoms with Crippen molar-refractivity contribution < 1.29 is 13.9 Å². The monoisotopic (exact) mass is 276 g/mol. The van der Waals surface area contributed by atoms with Crippen LogP contribution < -0.4 is 9.47 Å². The van der Waals surface area contributed by atoms with Crippen molar-refractivity contribution in [3.8, 4) is 23.5 Å². The lowest BCUT2D eigenvalue weighted by molar-refractivity contribution is 0.352. The van der Waals surface area contributed by atoms with E-state index in [2.05, 4.69) is 20.2 Å². The largest absolute Gasteiger partial charge is 0.481 e. The summed E-state index contributed by atoms with van der Waals surface area (Å²) < 4.78 is 15.9. The predicted octanol–water partition coefficient (Wildman–Crippen LogP) is 2.20. The third-order valence-electron chi connectivity index (χ3n) is 3.44. The highest BCUT2D eigenvalue weighted by atomic mass is 16.5. The van der Waals surface area contributed by atoms with Gasteiger partial charge in [0.1, 0.15) is 5.69 Å². The second-order valence-electron chi connectivity index (χ2n) is 4.71. The van der Waals surface area contributed by atoms with Crippen LogP contribution in [0.4, 0.5) is 0 Å². The molecule has 1 aliphatic rings. The molecule has 1 fully saturated rings. The molecular formula is C13H16N4O3. The summed E-state index contributed by atoms with van der Waals surface area (Å²) in [5, 5.41) is 8.19. The van der Waals surface area contributed by atoms with Crippen molar-refractivity contribution in [3.05, 3.63) is 12.0 Å². The predicted molar refractivity (Wildman–Crippen MR) is 69.6 cm³/mol. The Morgan fingerprint density at radius 2 is 1.90 bits per heavy atom. The van der Waals surface area contributed by atoms with Crippen molar-refractivity contribution in [2.75, 3.05) is 14.2 Å². The zero-order valence-electron chi connectivity index (χ0n) is 11.5. The van der Waals surface area contributed by atoms with E-state index in [1.54, 1.807) is 6.07 Å². The lowest BCUT2D eigenvalue weighted by Crippen LogP contribution is -1.97. The highest BCUT2D eigenvalue weighted by Crippen LogP contribution is 2.34. The molecular weight excluding hydrogens is 260 g/mol. The van der Waals surface area contributed by atoms with Gasteiger partial charge in [0.2, 0.25) is 11.8 Å². The second-order valence-corrected chi connectivity index (χ2v) is 4.71. The Balaban J connectivity index is 1.92. The minimum absolute atomic E-state index is 0.208. The molecule has 1 saturated carbocycles. The van der Waals surface area contributed by atoms with Crippen LogP contribution in [0, 0.1) is 0 Å². The normalized spacial score (nSPS) is 15.5. The molecule has 2 aromatic heterocycles. The third kappa shape index (κ3) is 2.43. The average Bonchev–Trinajstić information content (AvgIpc) is 3.17. The van der Waals surface area contributed by atoms with Crippen molar-refractivity contribution in [2.24, 2.45) is 0 Å². The highest BCUT2D eigenvalue weighted by molar-refractivity contribution is 5.48. The highest BCUT2D eigenvalue weighted by Gasteiger charge is 2.23. The Hall–Kier alpha value is -2.18. The first-order chi connectivity index (χ1) is 9.80. The van der Waals surface area contributed by atoms with Crippen molar-refractivity contribution >= 4 is 0 Å². The first kappa shape index (κ1) is 12.8. The van der Waals surface area contributed by atoms with Gasteiger partial charge >= 0.3 is 6.01 Å². The van der Waals surface area contributed by atoms with Crippen LogP contribution in [0.3, 0.4) is 0 Å². The van der Waals surface area contributed by atoms with E-state index >= 15 is 0 Å². The fourth-order valence-electron chi connectivity index (χ4n) is 2.39. The minimum atomic E-state index is 0.208. The zero-order chi connectivity index (χ0) is 13.9. The summed E-state index contributed by atoms with van der Waals surface area (Å²) in [5.74, 6) is 1.83. The number of rotatable bonds is 4. The average molecular weight is 276 g/mol. The molecule has 0 radical (unpaired) electrons. The van der Waals surface area contributed by atoms with E-state index in [9.17, 15) is 0 Å². The smallest absolute Gasteiger partial charge is 0.320 e. The molecule has 0 atom stereocenters. The summed E-state index contributed by atoms with van der Waals surface area (Å²) in [5.41, 5.74) is 0.505. The molecule has 7 heteroatoms. The summed E-state index contributed by atoms with van der Waals surface area (Å²) in [6.07, 6.45) is 4.66. The van der Waals surface area contributed by atoms with Gasteiger partial charge in [-0.25, -0.2) is 0 Å². The second kappa shape index (κ2) is 5.44. The lowest BCUT2D eigenvalue weighted by atomic mass is 10.1. The first-order valence-electron chi connectivity index (χ1n) is 6.61. The van der Waals surface area contributed by atoms with E-state index < -0.39 is 0 Å². The Morgan fingerprint density at radius 3 is 2.60 bits per heavy atom. The number of ether oxygens (including phenoxy) is 2. The maximum Gasteiger partial charge on any atom is 0.320 e. The van der Waals surface area contributed by atoms with Crippen LogP contribution in [0.2, 0.25) is 0 Å². The van der Waals surface area contributed by atoms with Crippen LogP contribution in [-0.4, -0.2) is 34.4 Å². The Morgan fingerprint density at radius 1 is 1.10 bits per heavy atom. The van der Waals surface area contributed by atoms with Crippen LogP contribution in [0.25, 0.3) is 11.6 Å². The summed E-state index contributed by atoms with van der Waals surface area (Å²) in [7, 11) is 3.03. The molecule has 0 spiro atoms. The molecule has 0 bridgehead atoms. The van der Waals surface area contributed by atoms with E-state index in [4.69, 9.17) is 13.9 Å². The molecule has 3 rings (SSSR count). The molecule has 0 N–H and O–H groups in total. The van der Waals surface area contributed by atoms with E-state index in [1.807, 2.05) is 0 Å². The van der Waals surface area contributed by atoms with Gasteiger partial charge in [0, 0.05) is 12.0 Å². The van der Waals surface area contributed by atoms with Gasteiger partial charge in [0.05, 0.1) is 14.2 Å². The van der Waals surface area contributed by atoms with Gasteiger partial charge in [0.25, 0.3) is 5.89 Å². The van der Waals surface area contributed by atoms with Gasteiger partial charge in [-0.2, -0.15) is 9.97 Å². The Bertz CT molecular complexity index is 571. The third-order valence-corrected chi connectivity index (χ3v) is 3.44. The summed E-state index contributed by atoms with van der Waals surface area (Å²) in [6.45, 7) is 0. The molecule has 0 aliphatic heterocycles. The van der Waals surface area contributed by atoms with Crippen LogP contribution in [0.1, 0.15) is 37.5 Å². The van der Waals surface area contributed by atoms with Gasteiger partial charge < -0.3 is 13.9 Å². The maximum atomic E-state index is 5.73. The lowest BCUT2D eigenvalue weighted by Gasteiger charge is -2.03. The zero-order valence-corrected chi connectivity index (χ0v) is 11.5. The van der Waals surface area contributed by atoms with E-state index in [-0.39, 0.29) is 6.01 Å². The van der Waals surface area contributed by atoms with Gasteiger partial charge in [-0.15, -0.1) is 10.2 Å². The molecule has 1 aliphatic carbocycles. The van der Waals surface area contributed by atoms with Crippen molar-refractivity contribution in [1.82, 2.24) is 20.2 Å².